The molecule has 0 aliphatic rings. The summed E-state index contributed by atoms with van der Waals surface area (Å²) >= 11 is 5.76. The first kappa shape index (κ1) is 10.8. The van der Waals surface area contributed by atoms with E-state index in [1.54, 1.807) is 31.2 Å². The van der Waals surface area contributed by atoms with Gasteiger partial charge in [-0.25, -0.2) is 0 Å². The van der Waals surface area contributed by atoms with E-state index in [2.05, 4.69) is 10.2 Å². The van der Waals surface area contributed by atoms with Crippen LogP contribution in [0, 0.1) is 0 Å². The number of hydrogen-bond acceptors (Lipinski definition) is 5. The summed E-state index contributed by atoms with van der Waals surface area (Å²) in [5.74, 6) is 1.01. The fraction of sp³-hybridized carbons (Fsp3) is 0.200. The number of aromatic nitrogens is 2. The molecular formula is C10H10ClN3O2. The van der Waals surface area contributed by atoms with Crippen LogP contribution < -0.4 is 10.5 Å². The first-order valence-corrected chi connectivity index (χ1v) is 5.04. The molecule has 1 unspecified atom stereocenters. The van der Waals surface area contributed by atoms with Crippen LogP contribution in [-0.2, 0) is 0 Å². The highest BCUT2D eigenvalue weighted by Gasteiger charge is 2.14. The number of ether oxygens (including phenoxy) is 1. The highest BCUT2D eigenvalue weighted by molar-refractivity contribution is 6.30. The van der Waals surface area contributed by atoms with Crippen molar-refractivity contribution in [3.05, 3.63) is 35.2 Å². The molecule has 0 fully saturated rings. The van der Waals surface area contributed by atoms with Crippen LogP contribution in [0.15, 0.2) is 28.7 Å². The molecule has 2 aromatic rings. The van der Waals surface area contributed by atoms with Crippen LogP contribution in [0.4, 0.5) is 6.01 Å². The molecule has 1 atom stereocenters. The van der Waals surface area contributed by atoms with E-state index in [0.29, 0.717) is 16.7 Å². The minimum absolute atomic E-state index is 0.0292. The number of nitrogens with zero attached hydrogens (tertiary/aromatic N) is 2. The largest absolute Gasteiger partial charge is 0.481 e. The molecule has 1 heterocycles. The molecule has 0 saturated heterocycles. The first-order valence-electron chi connectivity index (χ1n) is 4.66. The third-order valence-electron chi connectivity index (χ3n) is 1.93. The van der Waals surface area contributed by atoms with Crippen molar-refractivity contribution in [1.29, 1.82) is 0 Å². The Bertz CT molecular complexity index is 469. The summed E-state index contributed by atoms with van der Waals surface area (Å²) in [4.78, 5) is 0. The smallest absolute Gasteiger partial charge is 0.312 e. The zero-order valence-corrected chi connectivity index (χ0v) is 9.31. The van der Waals surface area contributed by atoms with Crippen LogP contribution in [0.5, 0.6) is 5.75 Å². The SMILES string of the molecule is CC(Oc1ccc(Cl)cc1)c1nnc(N)o1. The summed E-state index contributed by atoms with van der Waals surface area (Å²) in [5, 5.41) is 7.94. The van der Waals surface area contributed by atoms with Gasteiger partial charge in [-0.3, -0.25) is 0 Å². The lowest BCUT2D eigenvalue weighted by molar-refractivity contribution is 0.190. The lowest BCUT2D eigenvalue weighted by Gasteiger charge is -2.10. The molecule has 0 amide bonds. The molecule has 0 aliphatic heterocycles. The predicted octanol–water partition coefficient (Wildman–Crippen LogP) is 2.45. The monoisotopic (exact) mass is 239 g/mol. The third kappa shape index (κ3) is 2.43. The Balaban J connectivity index is 2.07. The Morgan fingerprint density at radius 2 is 2.00 bits per heavy atom. The maximum absolute atomic E-state index is 5.76. The maximum Gasteiger partial charge on any atom is 0.312 e. The van der Waals surface area contributed by atoms with Gasteiger partial charge in [0, 0.05) is 5.02 Å². The number of halogens is 1. The molecule has 2 rings (SSSR count). The van der Waals surface area contributed by atoms with Crippen molar-refractivity contribution in [1.82, 2.24) is 10.2 Å². The standard InChI is InChI=1S/C10H10ClN3O2/c1-6(9-13-14-10(12)16-9)15-8-4-2-7(11)3-5-8/h2-6H,1H3,(H2,12,14). The molecule has 1 aromatic carbocycles. The minimum atomic E-state index is -0.356. The van der Waals surface area contributed by atoms with Crippen LogP contribution in [0.3, 0.4) is 0 Å². The predicted molar refractivity (Wildman–Crippen MR) is 59.2 cm³/mol. The Labute approximate surface area is 97.2 Å². The summed E-state index contributed by atoms with van der Waals surface area (Å²) in [6, 6.07) is 7.04. The van der Waals surface area contributed by atoms with Crippen LogP contribution in [0.2, 0.25) is 5.02 Å². The molecule has 0 aliphatic carbocycles. The van der Waals surface area contributed by atoms with E-state index < -0.39 is 0 Å². The molecule has 0 radical (unpaired) electrons. The van der Waals surface area contributed by atoms with Gasteiger partial charge in [-0.15, -0.1) is 5.10 Å². The Morgan fingerprint density at radius 1 is 1.31 bits per heavy atom. The zero-order valence-electron chi connectivity index (χ0n) is 8.55. The van der Waals surface area contributed by atoms with Crippen LogP contribution in [0.25, 0.3) is 0 Å². The van der Waals surface area contributed by atoms with Gasteiger partial charge in [0.2, 0.25) is 0 Å². The van der Waals surface area contributed by atoms with Crippen molar-refractivity contribution in [2.75, 3.05) is 5.73 Å². The quantitative estimate of drug-likeness (QED) is 0.891. The topological polar surface area (TPSA) is 74.2 Å². The van der Waals surface area contributed by atoms with E-state index in [4.69, 9.17) is 26.5 Å². The molecule has 5 nitrogen and oxygen atoms in total. The average Bonchev–Trinajstić information content (AvgIpc) is 2.68. The van der Waals surface area contributed by atoms with E-state index >= 15 is 0 Å². The van der Waals surface area contributed by atoms with Gasteiger partial charge in [0.25, 0.3) is 5.89 Å². The van der Waals surface area contributed by atoms with Gasteiger partial charge in [-0.2, -0.15) is 0 Å². The van der Waals surface area contributed by atoms with Gasteiger partial charge in [0.15, 0.2) is 6.10 Å². The second kappa shape index (κ2) is 4.40. The highest BCUT2D eigenvalue weighted by atomic mass is 35.5. The van der Waals surface area contributed by atoms with Gasteiger partial charge in [0.05, 0.1) is 0 Å². The highest BCUT2D eigenvalue weighted by Crippen LogP contribution is 2.22. The van der Waals surface area contributed by atoms with Gasteiger partial charge >= 0.3 is 6.01 Å². The van der Waals surface area contributed by atoms with Crippen molar-refractivity contribution >= 4 is 17.6 Å². The molecule has 16 heavy (non-hydrogen) atoms. The van der Waals surface area contributed by atoms with Gasteiger partial charge in [-0.05, 0) is 31.2 Å². The van der Waals surface area contributed by atoms with Crippen LogP contribution in [-0.4, -0.2) is 10.2 Å². The van der Waals surface area contributed by atoms with Crippen molar-refractivity contribution in [2.24, 2.45) is 0 Å². The molecule has 0 bridgehead atoms. The lowest BCUT2D eigenvalue weighted by atomic mass is 10.3. The zero-order chi connectivity index (χ0) is 11.5. The Kier molecular flexibility index (Phi) is 2.96. The van der Waals surface area contributed by atoms with E-state index in [-0.39, 0.29) is 12.1 Å². The molecule has 84 valence electrons. The summed E-state index contributed by atoms with van der Waals surface area (Å²) in [5.41, 5.74) is 5.32. The van der Waals surface area contributed by atoms with E-state index in [1.807, 2.05) is 0 Å². The molecule has 1 aromatic heterocycles. The molecule has 2 N–H and O–H groups in total. The molecule has 0 saturated carbocycles. The molecular weight excluding hydrogens is 230 g/mol. The molecule has 0 spiro atoms. The fourth-order valence-corrected chi connectivity index (χ4v) is 1.30. The van der Waals surface area contributed by atoms with Gasteiger partial charge < -0.3 is 14.9 Å². The number of anilines is 1. The van der Waals surface area contributed by atoms with Gasteiger partial charge in [-0.1, -0.05) is 16.7 Å². The number of rotatable bonds is 3. The average molecular weight is 240 g/mol. The van der Waals surface area contributed by atoms with Gasteiger partial charge in [0.1, 0.15) is 5.75 Å². The second-order valence-corrected chi connectivity index (χ2v) is 3.63. The van der Waals surface area contributed by atoms with Crippen LogP contribution >= 0.6 is 11.6 Å². The Morgan fingerprint density at radius 3 is 2.56 bits per heavy atom. The summed E-state index contributed by atoms with van der Waals surface area (Å²) in [7, 11) is 0. The summed E-state index contributed by atoms with van der Waals surface area (Å²) < 4.78 is 10.6. The summed E-state index contributed by atoms with van der Waals surface area (Å²) in [6.07, 6.45) is -0.356. The molecule has 6 heteroatoms. The number of hydrogen-bond donors (Lipinski definition) is 1. The first-order chi connectivity index (χ1) is 7.65. The van der Waals surface area contributed by atoms with Crippen molar-refractivity contribution in [3.63, 3.8) is 0 Å². The number of benzene rings is 1. The minimum Gasteiger partial charge on any atom is -0.481 e. The van der Waals surface area contributed by atoms with E-state index in [0.717, 1.165) is 0 Å². The van der Waals surface area contributed by atoms with Crippen LogP contribution in [0.1, 0.15) is 18.9 Å². The van der Waals surface area contributed by atoms with E-state index in [9.17, 15) is 0 Å². The summed E-state index contributed by atoms with van der Waals surface area (Å²) in [6.45, 7) is 1.79. The maximum atomic E-state index is 5.76. The third-order valence-corrected chi connectivity index (χ3v) is 2.18. The lowest BCUT2D eigenvalue weighted by Crippen LogP contribution is -2.03. The normalized spacial score (nSPS) is 12.4. The number of nitrogen functional groups attached to an aromatic ring is 1. The van der Waals surface area contributed by atoms with Crippen molar-refractivity contribution < 1.29 is 9.15 Å². The number of nitrogens with two attached hydrogens (primary N) is 1. The Hall–Kier alpha value is -1.75. The fourth-order valence-electron chi connectivity index (χ4n) is 1.18. The van der Waals surface area contributed by atoms with Crippen molar-refractivity contribution in [2.45, 2.75) is 13.0 Å². The second-order valence-electron chi connectivity index (χ2n) is 3.19. The van der Waals surface area contributed by atoms with Crippen molar-refractivity contribution in [3.8, 4) is 5.75 Å². The van der Waals surface area contributed by atoms with E-state index in [1.165, 1.54) is 0 Å².